The fourth-order valence-electron chi connectivity index (χ4n) is 3.96. The fourth-order valence-corrected chi connectivity index (χ4v) is 4.17. The molecule has 4 aromatic rings. The van der Waals surface area contributed by atoms with Crippen LogP contribution in [0.1, 0.15) is 31.1 Å². The minimum Gasteiger partial charge on any atom is -0.493 e. The van der Waals surface area contributed by atoms with Crippen molar-refractivity contribution in [1.82, 2.24) is 15.4 Å². The van der Waals surface area contributed by atoms with Crippen LogP contribution < -0.4 is 20.4 Å². The van der Waals surface area contributed by atoms with Gasteiger partial charge in [-0.25, -0.2) is 10.5 Å². The maximum Gasteiger partial charge on any atom is 0.255 e. The molecule has 9 nitrogen and oxygen atoms in total. The summed E-state index contributed by atoms with van der Waals surface area (Å²) in [6.07, 6.45) is 0. The molecule has 0 aliphatic carbocycles. The number of hydroxylamine groups is 1. The number of imidazole rings is 1. The number of nitrogens with one attached hydrogen (secondary N) is 3. The zero-order valence-electron chi connectivity index (χ0n) is 22.5. The highest BCUT2D eigenvalue weighted by Gasteiger charge is 2.32. The van der Waals surface area contributed by atoms with Crippen LogP contribution in [-0.2, 0) is 4.79 Å². The Kier molecular flexibility index (Phi) is 8.13. The SMILES string of the molecule is CC(C(=O)NO)C(C)(C)COc1cccc(C(=O)Nc2ccc(Cl)c(-c3nc4ccc(N(C)C)cc4[nH]3)c2)c1. The summed E-state index contributed by atoms with van der Waals surface area (Å²) in [5.74, 6) is -0.205. The van der Waals surface area contributed by atoms with Gasteiger partial charge in [0.15, 0.2) is 0 Å². The minimum absolute atomic E-state index is 0.209. The third kappa shape index (κ3) is 6.32. The van der Waals surface area contributed by atoms with E-state index in [-0.39, 0.29) is 12.5 Å². The summed E-state index contributed by atoms with van der Waals surface area (Å²) < 4.78 is 5.90. The highest BCUT2D eigenvalue weighted by atomic mass is 35.5. The Morgan fingerprint density at radius 3 is 2.62 bits per heavy atom. The number of carbonyl (C=O) groups is 2. The topological polar surface area (TPSA) is 120 Å². The fraction of sp³-hybridized carbons (Fsp3) is 0.276. The van der Waals surface area contributed by atoms with E-state index in [0.717, 1.165) is 16.7 Å². The van der Waals surface area contributed by atoms with Crippen molar-refractivity contribution in [3.8, 4) is 17.1 Å². The molecule has 0 aliphatic rings. The Bertz CT molecular complexity index is 1510. The van der Waals surface area contributed by atoms with Gasteiger partial charge in [0.1, 0.15) is 11.6 Å². The van der Waals surface area contributed by atoms with Crippen molar-refractivity contribution in [1.29, 1.82) is 0 Å². The van der Waals surface area contributed by atoms with Crippen LogP contribution in [-0.4, -0.2) is 47.7 Å². The molecule has 1 atom stereocenters. The first-order chi connectivity index (χ1) is 18.5. The monoisotopic (exact) mass is 549 g/mol. The number of fused-ring (bicyclic) bond motifs is 1. The van der Waals surface area contributed by atoms with Gasteiger partial charge in [-0.3, -0.25) is 14.8 Å². The smallest absolute Gasteiger partial charge is 0.255 e. The third-order valence-electron chi connectivity index (χ3n) is 6.84. The lowest BCUT2D eigenvalue weighted by molar-refractivity contribution is -0.137. The van der Waals surface area contributed by atoms with Crippen LogP contribution in [0.15, 0.2) is 60.7 Å². The van der Waals surface area contributed by atoms with E-state index in [4.69, 9.17) is 21.5 Å². The predicted octanol–water partition coefficient (Wildman–Crippen LogP) is 5.75. The van der Waals surface area contributed by atoms with Gasteiger partial charge in [0, 0.05) is 47.9 Å². The zero-order chi connectivity index (χ0) is 28.3. The first kappa shape index (κ1) is 27.9. The van der Waals surface area contributed by atoms with Crippen molar-refractivity contribution in [2.24, 2.45) is 11.3 Å². The summed E-state index contributed by atoms with van der Waals surface area (Å²) in [6, 6.07) is 18.0. The molecule has 0 bridgehead atoms. The number of halogens is 1. The van der Waals surface area contributed by atoms with Gasteiger partial charge in [0.2, 0.25) is 5.91 Å². The quantitative estimate of drug-likeness (QED) is 0.156. The van der Waals surface area contributed by atoms with Gasteiger partial charge in [-0.2, -0.15) is 0 Å². The predicted molar refractivity (Wildman–Crippen MR) is 154 cm³/mol. The largest absolute Gasteiger partial charge is 0.493 e. The number of hydrogen-bond acceptors (Lipinski definition) is 6. The lowest BCUT2D eigenvalue weighted by atomic mass is 9.80. The van der Waals surface area contributed by atoms with Crippen molar-refractivity contribution in [3.05, 3.63) is 71.2 Å². The van der Waals surface area contributed by atoms with Crippen LogP contribution in [0, 0.1) is 11.3 Å². The van der Waals surface area contributed by atoms with Crippen LogP contribution in [0.25, 0.3) is 22.4 Å². The number of rotatable bonds is 9. The van der Waals surface area contributed by atoms with Gasteiger partial charge in [-0.05, 0) is 54.6 Å². The van der Waals surface area contributed by atoms with Crippen molar-refractivity contribution in [2.75, 3.05) is 30.9 Å². The Balaban J connectivity index is 1.49. The lowest BCUT2D eigenvalue weighted by Crippen LogP contribution is -2.39. The molecule has 1 unspecified atom stereocenters. The van der Waals surface area contributed by atoms with Gasteiger partial charge in [0.25, 0.3) is 5.91 Å². The van der Waals surface area contributed by atoms with Crippen LogP contribution in [0.2, 0.25) is 5.02 Å². The van der Waals surface area contributed by atoms with Gasteiger partial charge in [-0.15, -0.1) is 0 Å². The van der Waals surface area contributed by atoms with Gasteiger partial charge in [0.05, 0.1) is 22.7 Å². The van der Waals surface area contributed by atoms with E-state index < -0.39 is 17.2 Å². The van der Waals surface area contributed by atoms with Crippen molar-refractivity contribution < 1.29 is 19.5 Å². The van der Waals surface area contributed by atoms with Crippen LogP contribution in [0.3, 0.4) is 0 Å². The molecule has 0 radical (unpaired) electrons. The molecule has 4 rings (SSSR count). The number of anilines is 2. The molecule has 10 heteroatoms. The van der Waals surface area contributed by atoms with Crippen molar-refractivity contribution in [3.63, 3.8) is 0 Å². The van der Waals surface area contributed by atoms with Crippen molar-refractivity contribution in [2.45, 2.75) is 20.8 Å². The molecule has 0 spiro atoms. The molecule has 3 aromatic carbocycles. The van der Waals surface area contributed by atoms with Crippen LogP contribution in [0.5, 0.6) is 5.75 Å². The Morgan fingerprint density at radius 2 is 1.90 bits per heavy atom. The molecule has 0 saturated carbocycles. The molecule has 1 heterocycles. The Hall–Kier alpha value is -4.08. The van der Waals surface area contributed by atoms with E-state index in [9.17, 15) is 9.59 Å². The summed E-state index contributed by atoms with van der Waals surface area (Å²) >= 11 is 6.50. The Labute approximate surface area is 232 Å². The highest BCUT2D eigenvalue weighted by Crippen LogP contribution is 2.32. The number of H-pyrrole nitrogens is 1. The molecule has 204 valence electrons. The van der Waals surface area contributed by atoms with Gasteiger partial charge < -0.3 is 19.9 Å². The molecule has 4 N–H and O–H groups in total. The minimum atomic E-state index is -0.560. The molecular weight excluding hydrogens is 518 g/mol. The number of aromatic amines is 1. The summed E-state index contributed by atoms with van der Waals surface area (Å²) in [5.41, 5.74) is 5.49. The van der Waals surface area contributed by atoms with E-state index in [1.807, 2.05) is 51.0 Å². The molecule has 0 fully saturated rings. The number of nitrogens with zero attached hydrogens (tertiary/aromatic N) is 2. The average Bonchev–Trinajstić information content (AvgIpc) is 3.35. The maximum absolute atomic E-state index is 13.1. The standard InChI is InChI=1S/C29H32ClN5O4/c1-17(27(36)34-38)29(2,3)16-39-21-8-6-7-18(13-21)28(37)31-19-9-11-23(30)22(14-19)26-32-24-12-10-20(35(4)5)15-25(24)33-26/h6-15,17,38H,16H2,1-5H3,(H,31,37)(H,32,33)(H,34,36). The number of amides is 2. The molecule has 0 aliphatic heterocycles. The van der Waals surface area contributed by atoms with E-state index in [1.54, 1.807) is 54.9 Å². The van der Waals surface area contributed by atoms with Crippen molar-refractivity contribution >= 4 is 45.8 Å². The Morgan fingerprint density at radius 1 is 1.13 bits per heavy atom. The van der Waals surface area contributed by atoms with Crippen LogP contribution >= 0.6 is 11.6 Å². The number of hydrogen-bond donors (Lipinski definition) is 4. The summed E-state index contributed by atoms with van der Waals surface area (Å²) in [7, 11) is 3.95. The van der Waals surface area contributed by atoms with E-state index in [0.29, 0.717) is 33.4 Å². The first-order valence-corrected chi connectivity index (χ1v) is 12.8. The summed E-state index contributed by atoms with van der Waals surface area (Å²) in [6.45, 7) is 5.65. The van der Waals surface area contributed by atoms with Crippen LogP contribution in [0.4, 0.5) is 11.4 Å². The number of ether oxygens (including phenoxy) is 1. The summed E-state index contributed by atoms with van der Waals surface area (Å²) in [5, 5.41) is 12.3. The first-order valence-electron chi connectivity index (χ1n) is 12.4. The highest BCUT2D eigenvalue weighted by molar-refractivity contribution is 6.33. The van der Waals surface area contributed by atoms with E-state index >= 15 is 0 Å². The number of carbonyl (C=O) groups excluding carboxylic acids is 2. The second-order valence-corrected chi connectivity index (χ2v) is 10.7. The lowest BCUT2D eigenvalue weighted by Gasteiger charge is -2.30. The normalized spacial score (nSPS) is 12.2. The second kappa shape index (κ2) is 11.3. The van der Waals surface area contributed by atoms with Gasteiger partial charge in [-0.1, -0.05) is 38.4 Å². The van der Waals surface area contributed by atoms with E-state index in [2.05, 4.69) is 15.3 Å². The number of benzene rings is 3. The molecule has 1 aromatic heterocycles. The molecule has 0 saturated heterocycles. The van der Waals surface area contributed by atoms with E-state index in [1.165, 1.54) is 0 Å². The number of aromatic nitrogens is 2. The zero-order valence-corrected chi connectivity index (χ0v) is 23.3. The van der Waals surface area contributed by atoms with Gasteiger partial charge >= 0.3 is 0 Å². The summed E-state index contributed by atoms with van der Waals surface area (Å²) in [4.78, 5) is 34.9. The molecule has 39 heavy (non-hydrogen) atoms. The second-order valence-electron chi connectivity index (χ2n) is 10.3. The third-order valence-corrected chi connectivity index (χ3v) is 7.17. The average molecular weight is 550 g/mol. The molecule has 2 amide bonds. The molecular formula is C29H32ClN5O4. The maximum atomic E-state index is 13.1.